The van der Waals surface area contributed by atoms with Crippen molar-refractivity contribution in [2.75, 3.05) is 32.0 Å². The van der Waals surface area contributed by atoms with Crippen LogP contribution < -0.4 is 5.32 Å². The van der Waals surface area contributed by atoms with E-state index in [0.717, 1.165) is 56.6 Å². The van der Waals surface area contributed by atoms with Crippen molar-refractivity contribution in [3.63, 3.8) is 0 Å². The van der Waals surface area contributed by atoms with Crippen LogP contribution in [0.15, 0.2) is 6.07 Å². The average Bonchev–Trinajstić information content (AvgIpc) is 3.03. The molecular weight excluding hydrogens is 254 g/mol. The topological polar surface area (TPSA) is 65.5 Å². The van der Waals surface area contributed by atoms with Gasteiger partial charge < -0.3 is 15.3 Å². The van der Waals surface area contributed by atoms with E-state index in [1.165, 1.54) is 0 Å². The standard InChI is InChI=1S/C15H21N3O2/c1-18-6-5-10(9-18)8-16-14-12(15(19)20)7-11-3-2-4-13(11)17-14/h7,10H,2-6,8-9H2,1H3,(H,16,17)(H,19,20). The predicted molar refractivity (Wildman–Crippen MR) is 77.3 cm³/mol. The first-order chi connectivity index (χ1) is 9.63. The van der Waals surface area contributed by atoms with Crippen molar-refractivity contribution < 1.29 is 9.90 Å². The molecular formula is C15H21N3O2. The van der Waals surface area contributed by atoms with Crippen LogP contribution in [-0.4, -0.2) is 47.6 Å². The van der Waals surface area contributed by atoms with Gasteiger partial charge in [-0.2, -0.15) is 0 Å². The van der Waals surface area contributed by atoms with Gasteiger partial charge in [0.2, 0.25) is 0 Å². The molecule has 2 heterocycles. The zero-order chi connectivity index (χ0) is 14.1. The van der Waals surface area contributed by atoms with Gasteiger partial charge in [-0.15, -0.1) is 0 Å². The van der Waals surface area contributed by atoms with Crippen molar-refractivity contribution in [3.05, 3.63) is 22.9 Å². The van der Waals surface area contributed by atoms with Crippen molar-refractivity contribution >= 4 is 11.8 Å². The van der Waals surface area contributed by atoms with Crippen molar-refractivity contribution in [3.8, 4) is 0 Å². The molecule has 1 aliphatic heterocycles. The molecule has 1 unspecified atom stereocenters. The molecule has 20 heavy (non-hydrogen) atoms. The quantitative estimate of drug-likeness (QED) is 0.874. The minimum Gasteiger partial charge on any atom is -0.478 e. The molecule has 1 aromatic rings. The summed E-state index contributed by atoms with van der Waals surface area (Å²) in [6.07, 6.45) is 4.17. The van der Waals surface area contributed by atoms with Crippen molar-refractivity contribution in [1.82, 2.24) is 9.88 Å². The molecule has 5 nitrogen and oxygen atoms in total. The Bertz CT molecular complexity index is 530. The fourth-order valence-electron chi connectivity index (χ4n) is 3.20. The molecule has 2 N–H and O–H groups in total. The average molecular weight is 275 g/mol. The van der Waals surface area contributed by atoms with Gasteiger partial charge in [-0.1, -0.05) is 0 Å². The number of nitrogens with zero attached hydrogens (tertiary/aromatic N) is 2. The largest absolute Gasteiger partial charge is 0.478 e. The molecule has 5 heteroatoms. The van der Waals surface area contributed by atoms with E-state index in [4.69, 9.17) is 0 Å². The summed E-state index contributed by atoms with van der Waals surface area (Å²) in [5.74, 6) is 0.239. The Hall–Kier alpha value is -1.62. The Morgan fingerprint density at radius 2 is 2.40 bits per heavy atom. The second-order valence-electron chi connectivity index (χ2n) is 5.95. The number of fused-ring (bicyclic) bond motifs is 1. The lowest BCUT2D eigenvalue weighted by molar-refractivity contribution is 0.0697. The highest BCUT2D eigenvalue weighted by Crippen LogP contribution is 2.26. The number of aromatic nitrogens is 1. The monoisotopic (exact) mass is 275 g/mol. The number of carboxylic acid groups (broad SMARTS) is 1. The maximum Gasteiger partial charge on any atom is 0.339 e. The molecule has 108 valence electrons. The second kappa shape index (κ2) is 5.40. The van der Waals surface area contributed by atoms with Gasteiger partial charge >= 0.3 is 5.97 Å². The predicted octanol–water partition coefficient (Wildman–Crippen LogP) is 1.63. The molecule has 0 saturated carbocycles. The second-order valence-corrected chi connectivity index (χ2v) is 5.95. The number of anilines is 1. The molecule has 1 fully saturated rings. The Balaban J connectivity index is 1.76. The highest BCUT2D eigenvalue weighted by molar-refractivity contribution is 5.93. The summed E-state index contributed by atoms with van der Waals surface area (Å²) < 4.78 is 0. The van der Waals surface area contributed by atoms with Crippen LogP contribution in [0.2, 0.25) is 0 Å². The van der Waals surface area contributed by atoms with E-state index in [9.17, 15) is 9.90 Å². The van der Waals surface area contributed by atoms with Crippen molar-refractivity contribution in [2.24, 2.45) is 5.92 Å². The van der Waals surface area contributed by atoms with Crippen LogP contribution in [-0.2, 0) is 12.8 Å². The lowest BCUT2D eigenvalue weighted by atomic mass is 10.1. The Morgan fingerprint density at radius 1 is 1.55 bits per heavy atom. The number of hydrogen-bond donors (Lipinski definition) is 2. The number of hydrogen-bond acceptors (Lipinski definition) is 4. The summed E-state index contributed by atoms with van der Waals surface area (Å²) >= 11 is 0. The molecule has 0 radical (unpaired) electrons. The van der Waals surface area contributed by atoms with Crippen LogP contribution >= 0.6 is 0 Å². The normalized spacial score (nSPS) is 21.9. The van der Waals surface area contributed by atoms with Gasteiger partial charge in [0.15, 0.2) is 0 Å². The zero-order valence-electron chi connectivity index (χ0n) is 11.9. The Labute approximate surface area is 119 Å². The third kappa shape index (κ3) is 2.63. The highest BCUT2D eigenvalue weighted by Gasteiger charge is 2.22. The van der Waals surface area contributed by atoms with Crippen molar-refractivity contribution in [2.45, 2.75) is 25.7 Å². The summed E-state index contributed by atoms with van der Waals surface area (Å²) in [6, 6.07) is 1.81. The van der Waals surface area contributed by atoms with Crippen LogP contribution in [0.1, 0.15) is 34.5 Å². The lowest BCUT2D eigenvalue weighted by Gasteiger charge is -2.14. The minimum atomic E-state index is -0.891. The third-order valence-corrected chi connectivity index (χ3v) is 4.33. The Kier molecular flexibility index (Phi) is 3.61. The SMILES string of the molecule is CN1CCC(CNc2nc3c(cc2C(=O)O)CCC3)C1. The van der Waals surface area contributed by atoms with Gasteiger partial charge in [0, 0.05) is 18.8 Å². The fourth-order valence-corrected chi connectivity index (χ4v) is 3.20. The van der Waals surface area contributed by atoms with E-state index in [1.54, 1.807) is 6.07 Å². The molecule has 0 spiro atoms. The van der Waals surface area contributed by atoms with Gasteiger partial charge in [-0.05, 0) is 56.8 Å². The zero-order valence-corrected chi connectivity index (χ0v) is 11.9. The maximum absolute atomic E-state index is 11.4. The molecule has 0 amide bonds. The maximum atomic E-state index is 11.4. The summed E-state index contributed by atoms with van der Waals surface area (Å²) in [6.45, 7) is 2.99. The van der Waals surface area contributed by atoms with Gasteiger partial charge in [-0.3, -0.25) is 0 Å². The van der Waals surface area contributed by atoms with Crippen LogP contribution in [0.25, 0.3) is 0 Å². The summed E-state index contributed by atoms with van der Waals surface area (Å²) in [7, 11) is 2.12. The fraction of sp³-hybridized carbons (Fsp3) is 0.600. The minimum absolute atomic E-state index is 0.317. The first-order valence-electron chi connectivity index (χ1n) is 7.32. The summed E-state index contributed by atoms with van der Waals surface area (Å²) in [4.78, 5) is 18.2. The lowest BCUT2D eigenvalue weighted by Crippen LogP contribution is -2.20. The van der Waals surface area contributed by atoms with Gasteiger partial charge in [-0.25, -0.2) is 9.78 Å². The van der Waals surface area contributed by atoms with E-state index < -0.39 is 5.97 Å². The van der Waals surface area contributed by atoms with Gasteiger partial charge in [0.1, 0.15) is 11.4 Å². The molecule has 1 aliphatic carbocycles. The van der Waals surface area contributed by atoms with Gasteiger partial charge in [0.05, 0.1) is 0 Å². The van der Waals surface area contributed by atoms with Crippen LogP contribution in [0.4, 0.5) is 5.82 Å². The molecule has 0 bridgehead atoms. The van der Waals surface area contributed by atoms with Crippen LogP contribution in [0.3, 0.4) is 0 Å². The number of pyridine rings is 1. The molecule has 0 aromatic carbocycles. The first-order valence-corrected chi connectivity index (χ1v) is 7.32. The number of likely N-dealkylation sites (tertiary alicyclic amines) is 1. The van der Waals surface area contributed by atoms with Crippen molar-refractivity contribution in [1.29, 1.82) is 0 Å². The van der Waals surface area contributed by atoms with E-state index in [1.807, 2.05) is 0 Å². The van der Waals surface area contributed by atoms with E-state index in [2.05, 4.69) is 22.2 Å². The van der Waals surface area contributed by atoms with E-state index in [-0.39, 0.29) is 0 Å². The number of carbonyl (C=O) groups is 1. The summed E-state index contributed by atoms with van der Waals surface area (Å²) in [5, 5.41) is 12.6. The Morgan fingerprint density at radius 3 is 3.10 bits per heavy atom. The van der Waals surface area contributed by atoms with Gasteiger partial charge in [0.25, 0.3) is 0 Å². The van der Waals surface area contributed by atoms with E-state index in [0.29, 0.717) is 17.3 Å². The van der Waals surface area contributed by atoms with Crippen LogP contribution in [0.5, 0.6) is 0 Å². The van der Waals surface area contributed by atoms with E-state index >= 15 is 0 Å². The number of aryl methyl sites for hydroxylation is 2. The smallest absolute Gasteiger partial charge is 0.339 e. The molecule has 3 rings (SSSR count). The first kappa shape index (κ1) is 13.4. The molecule has 1 aromatic heterocycles. The number of aromatic carboxylic acids is 1. The number of nitrogens with one attached hydrogen (secondary N) is 1. The third-order valence-electron chi connectivity index (χ3n) is 4.33. The van der Waals surface area contributed by atoms with Crippen LogP contribution in [0, 0.1) is 5.92 Å². The molecule has 1 atom stereocenters. The number of carboxylic acids is 1. The number of rotatable bonds is 4. The molecule has 2 aliphatic rings. The molecule has 1 saturated heterocycles. The summed E-state index contributed by atoms with van der Waals surface area (Å²) in [5.41, 5.74) is 2.49. The highest BCUT2D eigenvalue weighted by atomic mass is 16.4.